The van der Waals surface area contributed by atoms with Crippen molar-refractivity contribution in [2.24, 2.45) is 0 Å². The van der Waals surface area contributed by atoms with E-state index in [9.17, 15) is 23.3 Å². The van der Waals surface area contributed by atoms with Crippen LogP contribution in [0.15, 0.2) is 76.5 Å². The molecule has 10 heteroatoms. The Balaban J connectivity index is 1.88. The van der Waals surface area contributed by atoms with E-state index in [2.05, 4.69) is 5.32 Å². The van der Waals surface area contributed by atoms with Crippen LogP contribution in [0, 0.1) is 17.0 Å². The molecule has 0 atom stereocenters. The number of rotatable bonds is 9. The summed E-state index contributed by atoms with van der Waals surface area (Å²) in [6.45, 7) is 1.79. The Labute approximate surface area is 198 Å². The first-order chi connectivity index (χ1) is 16.1. The third-order valence-corrected chi connectivity index (χ3v) is 7.08. The lowest BCUT2D eigenvalue weighted by Gasteiger charge is -2.19. The van der Waals surface area contributed by atoms with Gasteiger partial charge in [0.1, 0.15) is 5.75 Å². The van der Waals surface area contributed by atoms with Gasteiger partial charge in [0.2, 0.25) is 15.7 Å². The molecule has 3 aromatic rings. The van der Waals surface area contributed by atoms with Crippen molar-refractivity contribution in [1.29, 1.82) is 0 Å². The number of methoxy groups -OCH3 is 1. The van der Waals surface area contributed by atoms with Gasteiger partial charge >= 0.3 is 0 Å². The second-order valence-electron chi connectivity index (χ2n) is 7.66. The van der Waals surface area contributed by atoms with Gasteiger partial charge in [-0.25, -0.2) is 8.42 Å². The van der Waals surface area contributed by atoms with E-state index in [1.54, 1.807) is 13.1 Å². The topological polar surface area (TPSA) is 119 Å². The number of nitro benzene ring substituents is 1. The molecule has 0 unspecified atom stereocenters. The fourth-order valence-electron chi connectivity index (χ4n) is 3.33. The van der Waals surface area contributed by atoms with Gasteiger partial charge in [-0.1, -0.05) is 36.4 Å². The Morgan fingerprint density at radius 3 is 2.44 bits per heavy atom. The van der Waals surface area contributed by atoms with Gasteiger partial charge in [0, 0.05) is 31.3 Å². The van der Waals surface area contributed by atoms with Crippen molar-refractivity contribution in [3.8, 4) is 5.75 Å². The van der Waals surface area contributed by atoms with Gasteiger partial charge in [-0.15, -0.1) is 0 Å². The minimum Gasteiger partial charge on any atom is -0.497 e. The monoisotopic (exact) mass is 483 g/mol. The number of aryl methyl sites for hydroxylation is 1. The van der Waals surface area contributed by atoms with Crippen LogP contribution < -0.4 is 10.1 Å². The predicted molar refractivity (Wildman–Crippen MR) is 128 cm³/mol. The molecule has 0 saturated heterocycles. The molecule has 3 aromatic carbocycles. The van der Waals surface area contributed by atoms with Crippen LogP contribution >= 0.6 is 0 Å². The summed E-state index contributed by atoms with van der Waals surface area (Å²) in [5.41, 5.74) is 1.20. The van der Waals surface area contributed by atoms with Crippen LogP contribution in [0.25, 0.3) is 0 Å². The Hall–Kier alpha value is -3.92. The lowest BCUT2D eigenvalue weighted by Crippen LogP contribution is -2.32. The van der Waals surface area contributed by atoms with E-state index in [4.69, 9.17) is 4.74 Å². The zero-order chi connectivity index (χ0) is 24.9. The Bertz CT molecular complexity index is 1310. The van der Waals surface area contributed by atoms with E-state index < -0.39 is 14.8 Å². The van der Waals surface area contributed by atoms with Gasteiger partial charge in [-0.05, 0) is 30.7 Å². The highest BCUT2D eigenvalue weighted by Crippen LogP contribution is 2.33. The molecule has 9 nitrogen and oxygen atoms in total. The summed E-state index contributed by atoms with van der Waals surface area (Å²) in [6.07, 6.45) is 0. The highest BCUT2D eigenvalue weighted by molar-refractivity contribution is 7.91. The van der Waals surface area contributed by atoms with Crippen LogP contribution in [-0.2, 0) is 21.2 Å². The molecule has 1 amide bonds. The first-order valence-corrected chi connectivity index (χ1v) is 11.8. The van der Waals surface area contributed by atoms with E-state index in [-0.39, 0.29) is 33.6 Å². The number of sulfone groups is 1. The van der Waals surface area contributed by atoms with Crippen LogP contribution in [0.4, 0.5) is 11.4 Å². The van der Waals surface area contributed by atoms with Crippen molar-refractivity contribution in [2.45, 2.75) is 23.3 Å². The zero-order valence-corrected chi connectivity index (χ0v) is 19.8. The average Bonchev–Trinajstić information content (AvgIpc) is 2.82. The molecule has 34 heavy (non-hydrogen) atoms. The van der Waals surface area contributed by atoms with Crippen LogP contribution in [0.3, 0.4) is 0 Å². The molecule has 3 rings (SSSR count). The molecule has 0 saturated carbocycles. The molecular weight excluding hydrogens is 458 g/mol. The van der Waals surface area contributed by atoms with E-state index >= 15 is 0 Å². The van der Waals surface area contributed by atoms with Crippen LogP contribution in [0.2, 0.25) is 0 Å². The number of nitrogens with one attached hydrogen (secondary N) is 1. The number of amides is 1. The molecule has 0 heterocycles. The first kappa shape index (κ1) is 24.7. The highest BCUT2D eigenvalue weighted by Gasteiger charge is 2.26. The van der Waals surface area contributed by atoms with E-state index in [0.29, 0.717) is 17.9 Å². The number of hydrogen-bond acceptors (Lipinski definition) is 7. The molecule has 0 fully saturated rings. The van der Waals surface area contributed by atoms with Crippen LogP contribution in [-0.4, -0.2) is 44.9 Å². The molecule has 0 spiro atoms. The molecule has 0 radical (unpaired) electrons. The fraction of sp³-hybridized carbons (Fsp3) is 0.208. The predicted octanol–water partition coefficient (Wildman–Crippen LogP) is 3.82. The highest BCUT2D eigenvalue weighted by atomic mass is 32.2. The van der Waals surface area contributed by atoms with Crippen molar-refractivity contribution in [3.63, 3.8) is 0 Å². The van der Waals surface area contributed by atoms with Crippen molar-refractivity contribution in [3.05, 3.63) is 88.0 Å². The van der Waals surface area contributed by atoms with Gasteiger partial charge in [-0.3, -0.25) is 14.9 Å². The standard InChI is InChI=1S/C24H25N3O6S/c1-17-9-11-20(14-22(17)27(29)30)34(31,32)23-13-19(33-3)10-12-21(23)25-15-24(28)26(2)16-18-7-5-4-6-8-18/h4-14,25H,15-16H2,1-3H3. The molecule has 0 aliphatic heterocycles. The molecule has 1 N–H and O–H groups in total. The molecule has 0 aliphatic rings. The SMILES string of the molecule is COc1ccc(NCC(=O)N(C)Cc2ccccc2)c(S(=O)(=O)c2ccc(C)c([N+](=O)[O-])c2)c1. The van der Waals surface area contributed by atoms with E-state index in [0.717, 1.165) is 11.6 Å². The summed E-state index contributed by atoms with van der Waals surface area (Å²) in [4.78, 5) is 24.5. The molecule has 0 bridgehead atoms. The van der Waals surface area contributed by atoms with Crippen molar-refractivity contribution < 1.29 is 22.9 Å². The summed E-state index contributed by atoms with van der Waals surface area (Å²) < 4.78 is 32.0. The number of likely N-dealkylation sites (N-methyl/N-ethyl adjacent to an activating group) is 1. The largest absolute Gasteiger partial charge is 0.497 e. The number of hydrogen-bond donors (Lipinski definition) is 1. The second kappa shape index (κ2) is 10.3. The quantitative estimate of drug-likeness (QED) is 0.363. The summed E-state index contributed by atoms with van der Waals surface area (Å²) in [6, 6.07) is 17.6. The summed E-state index contributed by atoms with van der Waals surface area (Å²) in [7, 11) is -1.10. The third-order valence-electron chi connectivity index (χ3n) is 5.28. The first-order valence-electron chi connectivity index (χ1n) is 10.3. The van der Waals surface area contributed by atoms with E-state index in [1.807, 2.05) is 30.3 Å². The van der Waals surface area contributed by atoms with Gasteiger partial charge in [0.25, 0.3) is 5.69 Å². The molecular formula is C24H25N3O6S. The lowest BCUT2D eigenvalue weighted by molar-refractivity contribution is -0.385. The molecule has 0 aliphatic carbocycles. The number of nitrogens with zero attached hydrogens (tertiary/aromatic N) is 2. The number of ether oxygens (including phenoxy) is 1. The smallest absolute Gasteiger partial charge is 0.273 e. The van der Waals surface area contributed by atoms with Crippen molar-refractivity contribution in [1.82, 2.24) is 4.90 Å². The fourth-order valence-corrected chi connectivity index (χ4v) is 4.80. The number of carbonyl (C=O) groups is 1. The number of carbonyl (C=O) groups excluding carboxylic acids is 1. The summed E-state index contributed by atoms with van der Waals surface area (Å²) in [5.74, 6) is 0.0484. The summed E-state index contributed by atoms with van der Waals surface area (Å²) >= 11 is 0. The maximum atomic E-state index is 13.4. The number of benzene rings is 3. The molecule has 0 aromatic heterocycles. The lowest BCUT2D eigenvalue weighted by atomic mass is 10.2. The number of nitro groups is 1. The van der Waals surface area contributed by atoms with E-state index in [1.165, 1.54) is 43.2 Å². The Morgan fingerprint density at radius 2 is 1.79 bits per heavy atom. The third kappa shape index (κ3) is 5.52. The minimum absolute atomic E-state index is 0.147. The second-order valence-corrected chi connectivity index (χ2v) is 9.58. The maximum Gasteiger partial charge on any atom is 0.273 e. The zero-order valence-electron chi connectivity index (χ0n) is 19.0. The van der Waals surface area contributed by atoms with Crippen LogP contribution in [0.1, 0.15) is 11.1 Å². The average molecular weight is 484 g/mol. The Kier molecular flexibility index (Phi) is 7.52. The number of anilines is 1. The maximum absolute atomic E-state index is 13.4. The van der Waals surface area contributed by atoms with Crippen molar-refractivity contribution >= 4 is 27.1 Å². The molecule has 178 valence electrons. The van der Waals surface area contributed by atoms with Crippen molar-refractivity contribution in [2.75, 3.05) is 26.0 Å². The van der Waals surface area contributed by atoms with Gasteiger partial charge in [-0.2, -0.15) is 0 Å². The van der Waals surface area contributed by atoms with Gasteiger partial charge in [0.15, 0.2) is 0 Å². The van der Waals surface area contributed by atoms with Crippen LogP contribution in [0.5, 0.6) is 5.75 Å². The van der Waals surface area contributed by atoms with Gasteiger partial charge < -0.3 is 15.0 Å². The normalized spacial score (nSPS) is 11.0. The Morgan fingerprint density at radius 1 is 1.09 bits per heavy atom. The summed E-state index contributed by atoms with van der Waals surface area (Å²) in [5, 5.41) is 14.2. The minimum atomic E-state index is -4.16. The van der Waals surface area contributed by atoms with Gasteiger partial charge in [0.05, 0.1) is 34.1 Å².